The molecule has 0 saturated carbocycles. The van der Waals surface area contributed by atoms with Gasteiger partial charge in [-0.3, -0.25) is 4.79 Å². The summed E-state index contributed by atoms with van der Waals surface area (Å²) in [7, 11) is 1.48. The van der Waals surface area contributed by atoms with E-state index in [9.17, 15) is 4.79 Å². The highest BCUT2D eigenvalue weighted by Crippen LogP contribution is 2.36. The summed E-state index contributed by atoms with van der Waals surface area (Å²) >= 11 is 0. The number of carbonyl (C=O) groups is 1. The zero-order valence-electron chi connectivity index (χ0n) is 11.1. The molecule has 1 aliphatic rings. The third-order valence-electron chi connectivity index (χ3n) is 3.37. The molecule has 5 nitrogen and oxygen atoms in total. The number of nitrogens with zero attached hydrogens (tertiary/aromatic N) is 2. The Morgan fingerprint density at radius 3 is 2.95 bits per heavy atom. The van der Waals surface area contributed by atoms with Gasteiger partial charge in [0.25, 0.3) is 0 Å². The van der Waals surface area contributed by atoms with Crippen LogP contribution in [0.4, 0.5) is 0 Å². The highest BCUT2D eigenvalue weighted by Gasteiger charge is 2.31. The van der Waals surface area contributed by atoms with Crippen LogP contribution in [0, 0.1) is 0 Å². The molecule has 0 aliphatic carbocycles. The number of aromatic nitrogens is 2. The molecule has 102 valence electrons. The first kappa shape index (κ1) is 12.6. The lowest BCUT2D eigenvalue weighted by Gasteiger charge is -2.24. The van der Waals surface area contributed by atoms with Gasteiger partial charge in [-0.1, -0.05) is 18.2 Å². The predicted octanol–water partition coefficient (Wildman–Crippen LogP) is 2.23. The molecule has 2 aromatic rings. The van der Waals surface area contributed by atoms with Crippen LogP contribution in [0.25, 0.3) is 0 Å². The molecule has 1 unspecified atom stereocenters. The second-order valence-corrected chi connectivity index (χ2v) is 4.51. The van der Waals surface area contributed by atoms with E-state index in [1.807, 2.05) is 24.3 Å². The third kappa shape index (κ3) is 2.11. The maximum atomic E-state index is 12.7. The number of benzene rings is 1. The zero-order valence-corrected chi connectivity index (χ0v) is 11.1. The minimum Gasteiger partial charge on any atom is -0.493 e. The summed E-state index contributed by atoms with van der Waals surface area (Å²) in [5.74, 6) is 0.692. The van der Waals surface area contributed by atoms with Crippen molar-refractivity contribution in [2.24, 2.45) is 0 Å². The zero-order chi connectivity index (χ0) is 13.9. The van der Waals surface area contributed by atoms with Gasteiger partial charge in [0.15, 0.2) is 11.5 Å². The topological polar surface area (TPSA) is 61.3 Å². The Kier molecular flexibility index (Phi) is 3.33. The van der Waals surface area contributed by atoms with E-state index in [4.69, 9.17) is 9.47 Å². The van der Waals surface area contributed by atoms with Crippen molar-refractivity contribution in [1.29, 1.82) is 0 Å². The van der Waals surface area contributed by atoms with Crippen LogP contribution in [0.2, 0.25) is 0 Å². The van der Waals surface area contributed by atoms with E-state index in [2.05, 4.69) is 9.97 Å². The summed E-state index contributed by atoms with van der Waals surface area (Å²) < 4.78 is 10.7. The second kappa shape index (κ2) is 5.28. The lowest BCUT2D eigenvalue weighted by Crippen LogP contribution is -2.22. The number of methoxy groups -OCH3 is 1. The first-order valence-corrected chi connectivity index (χ1v) is 6.42. The number of ether oxygens (including phenoxy) is 2. The average molecular weight is 270 g/mol. The quantitative estimate of drug-likeness (QED) is 0.800. The molecule has 0 fully saturated rings. The van der Waals surface area contributed by atoms with Crippen molar-refractivity contribution in [2.75, 3.05) is 13.7 Å². The molecule has 1 aromatic carbocycles. The number of carbonyl (C=O) groups excluding carboxylic acids is 1. The third-order valence-corrected chi connectivity index (χ3v) is 3.37. The largest absolute Gasteiger partial charge is 0.493 e. The van der Waals surface area contributed by atoms with Crippen molar-refractivity contribution >= 4 is 5.78 Å². The molecule has 0 bridgehead atoms. The van der Waals surface area contributed by atoms with Crippen LogP contribution in [0.3, 0.4) is 0 Å². The summed E-state index contributed by atoms with van der Waals surface area (Å²) in [6.07, 6.45) is 3.64. The molecule has 3 rings (SSSR count). The fourth-order valence-corrected chi connectivity index (χ4v) is 2.42. The van der Waals surface area contributed by atoms with Crippen LogP contribution in [-0.2, 0) is 0 Å². The number of Topliss-reactive ketones (excluding diaryl/α,β-unsaturated/α-hetero) is 1. The Morgan fingerprint density at radius 2 is 2.10 bits per heavy atom. The van der Waals surface area contributed by atoms with Crippen molar-refractivity contribution in [2.45, 2.75) is 12.3 Å². The van der Waals surface area contributed by atoms with Gasteiger partial charge in [-0.2, -0.15) is 0 Å². The van der Waals surface area contributed by atoms with Gasteiger partial charge in [-0.15, -0.1) is 0 Å². The van der Waals surface area contributed by atoms with Crippen molar-refractivity contribution in [3.05, 3.63) is 47.9 Å². The summed E-state index contributed by atoms with van der Waals surface area (Å²) in [5, 5.41) is 0. The van der Waals surface area contributed by atoms with E-state index < -0.39 is 0 Å². The van der Waals surface area contributed by atoms with Gasteiger partial charge in [-0.05, 0) is 12.5 Å². The smallest absolute Gasteiger partial charge is 0.243 e. The van der Waals surface area contributed by atoms with Crippen molar-refractivity contribution in [3.8, 4) is 11.6 Å². The van der Waals surface area contributed by atoms with Gasteiger partial charge in [0.1, 0.15) is 5.75 Å². The molecule has 0 N–H and O–H groups in total. The van der Waals surface area contributed by atoms with Gasteiger partial charge in [0, 0.05) is 18.0 Å². The van der Waals surface area contributed by atoms with Crippen molar-refractivity contribution < 1.29 is 14.3 Å². The highest BCUT2D eigenvalue weighted by molar-refractivity contribution is 6.01. The monoisotopic (exact) mass is 270 g/mol. The predicted molar refractivity (Wildman–Crippen MR) is 72.2 cm³/mol. The Hall–Kier alpha value is -2.43. The van der Waals surface area contributed by atoms with Crippen LogP contribution in [-0.4, -0.2) is 29.5 Å². The summed E-state index contributed by atoms with van der Waals surface area (Å²) in [6, 6.07) is 7.60. The van der Waals surface area contributed by atoms with Crippen LogP contribution in [0.1, 0.15) is 28.4 Å². The Balaban J connectivity index is 2.00. The number of para-hydroxylation sites is 1. The SMILES string of the molecule is COc1nccnc1C(=O)C1CCOc2ccccc21. The van der Waals surface area contributed by atoms with Crippen LogP contribution in [0.15, 0.2) is 36.7 Å². The fourth-order valence-electron chi connectivity index (χ4n) is 2.42. The molecule has 1 aromatic heterocycles. The molecule has 0 saturated heterocycles. The Morgan fingerprint density at radius 1 is 1.30 bits per heavy atom. The highest BCUT2D eigenvalue weighted by atomic mass is 16.5. The van der Waals surface area contributed by atoms with Gasteiger partial charge in [0.05, 0.1) is 19.6 Å². The lowest BCUT2D eigenvalue weighted by atomic mass is 9.88. The van der Waals surface area contributed by atoms with Gasteiger partial charge in [-0.25, -0.2) is 9.97 Å². The van der Waals surface area contributed by atoms with Crippen LogP contribution >= 0.6 is 0 Å². The van der Waals surface area contributed by atoms with Gasteiger partial charge < -0.3 is 9.47 Å². The Labute approximate surface area is 116 Å². The van der Waals surface area contributed by atoms with E-state index in [1.54, 1.807) is 0 Å². The Bertz CT molecular complexity index is 643. The minimum absolute atomic E-state index is 0.0781. The number of fused-ring (bicyclic) bond motifs is 1. The van der Waals surface area contributed by atoms with Gasteiger partial charge in [0.2, 0.25) is 5.88 Å². The van der Waals surface area contributed by atoms with E-state index in [1.165, 1.54) is 19.5 Å². The maximum Gasteiger partial charge on any atom is 0.243 e. The molecular formula is C15H14N2O3. The summed E-state index contributed by atoms with van der Waals surface area (Å²) in [5.41, 5.74) is 1.17. The molecule has 1 atom stereocenters. The minimum atomic E-state index is -0.259. The van der Waals surface area contributed by atoms with E-state index >= 15 is 0 Å². The average Bonchev–Trinajstić information content (AvgIpc) is 2.53. The van der Waals surface area contributed by atoms with E-state index in [0.29, 0.717) is 13.0 Å². The first-order valence-electron chi connectivity index (χ1n) is 6.42. The van der Waals surface area contributed by atoms with Crippen LogP contribution < -0.4 is 9.47 Å². The number of ketones is 1. The number of rotatable bonds is 3. The van der Waals surface area contributed by atoms with E-state index in [-0.39, 0.29) is 23.3 Å². The fraction of sp³-hybridized carbons (Fsp3) is 0.267. The maximum absolute atomic E-state index is 12.7. The van der Waals surface area contributed by atoms with Crippen molar-refractivity contribution in [3.63, 3.8) is 0 Å². The van der Waals surface area contributed by atoms with Crippen molar-refractivity contribution in [1.82, 2.24) is 9.97 Å². The molecule has 20 heavy (non-hydrogen) atoms. The molecule has 2 heterocycles. The molecule has 0 amide bonds. The summed E-state index contributed by atoms with van der Waals surface area (Å²) in [6.45, 7) is 0.524. The first-order chi connectivity index (χ1) is 9.81. The lowest BCUT2D eigenvalue weighted by molar-refractivity contribution is 0.0924. The number of hydrogen-bond acceptors (Lipinski definition) is 5. The number of hydrogen-bond donors (Lipinski definition) is 0. The normalized spacial score (nSPS) is 16.9. The van der Waals surface area contributed by atoms with Gasteiger partial charge >= 0.3 is 0 Å². The molecular weight excluding hydrogens is 256 g/mol. The molecule has 5 heteroatoms. The summed E-state index contributed by atoms with van der Waals surface area (Å²) in [4.78, 5) is 20.9. The van der Waals surface area contributed by atoms with Crippen LogP contribution in [0.5, 0.6) is 11.6 Å². The standard InChI is InChI=1S/C15H14N2O3/c1-19-15-13(16-7-8-17-15)14(18)11-6-9-20-12-5-3-2-4-10(11)12/h2-5,7-8,11H,6,9H2,1H3. The molecule has 0 spiro atoms. The molecule has 1 aliphatic heterocycles. The van der Waals surface area contributed by atoms with E-state index in [0.717, 1.165) is 11.3 Å². The molecule has 0 radical (unpaired) electrons. The second-order valence-electron chi connectivity index (χ2n) is 4.51.